The molecule has 0 aliphatic carbocycles. The van der Waals surface area contributed by atoms with Gasteiger partial charge in [-0.05, 0) is 31.2 Å². The van der Waals surface area contributed by atoms with Crippen LogP contribution in [0.2, 0.25) is 0 Å². The zero-order chi connectivity index (χ0) is 16.0. The molecule has 0 heterocycles. The summed E-state index contributed by atoms with van der Waals surface area (Å²) in [5, 5.41) is 2.62. The third-order valence-corrected chi connectivity index (χ3v) is 2.83. The lowest BCUT2D eigenvalue weighted by atomic mass is 10.2. The third kappa shape index (κ3) is 5.62. The molecular weight excluding hydrogens is 270 g/mol. The lowest BCUT2D eigenvalue weighted by molar-refractivity contribution is -0.123. The molecular formula is C14H21N5O2. The van der Waals surface area contributed by atoms with E-state index in [2.05, 4.69) is 10.3 Å². The van der Waals surface area contributed by atoms with E-state index in [0.29, 0.717) is 5.69 Å². The monoisotopic (exact) mass is 291 g/mol. The molecule has 0 bridgehead atoms. The largest absolute Gasteiger partial charge is 0.370 e. The van der Waals surface area contributed by atoms with E-state index in [9.17, 15) is 9.59 Å². The smallest absolute Gasteiger partial charge is 0.241 e. The number of nitrogens with zero attached hydrogens (tertiary/aromatic N) is 2. The first-order valence-corrected chi connectivity index (χ1v) is 6.47. The Labute approximate surface area is 124 Å². The first-order chi connectivity index (χ1) is 9.79. The van der Waals surface area contributed by atoms with Gasteiger partial charge >= 0.3 is 0 Å². The summed E-state index contributed by atoms with van der Waals surface area (Å²) in [6, 6.07) is 6.05. The second-order valence-corrected chi connectivity index (χ2v) is 4.87. The van der Waals surface area contributed by atoms with E-state index in [0.717, 1.165) is 11.5 Å². The predicted octanol–water partition coefficient (Wildman–Crippen LogP) is 0.439. The van der Waals surface area contributed by atoms with Crippen LogP contribution in [0.25, 0.3) is 0 Å². The molecule has 0 aliphatic rings. The molecule has 0 aliphatic heterocycles. The average Bonchev–Trinajstić information content (AvgIpc) is 2.39. The van der Waals surface area contributed by atoms with Crippen molar-refractivity contribution in [3.8, 4) is 0 Å². The molecule has 0 fully saturated rings. The van der Waals surface area contributed by atoms with E-state index < -0.39 is 17.9 Å². The first-order valence-electron chi connectivity index (χ1n) is 6.47. The Morgan fingerprint density at radius 3 is 2.33 bits per heavy atom. The van der Waals surface area contributed by atoms with Crippen LogP contribution in [-0.2, 0) is 9.59 Å². The van der Waals surface area contributed by atoms with E-state index in [-0.39, 0.29) is 6.42 Å². The zero-order valence-electron chi connectivity index (χ0n) is 12.5. The van der Waals surface area contributed by atoms with Gasteiger partial charge in [0.15, 0.2) is 0 Å². The number of anilines is 1. The highest BCUT2D eigenvalue weighted by Crippen LogP contribution is 2.17. The SMILES string of the molecule is CC(=Nc1ccc(NC(=O)C(N)CC(N)=O)cc1)N(C)C. The van der Waals surface area contributed by atoms with Crippen molar-refractivity contribution in [2.24, 2.45) is 16.5 Å². The molecule has 1 aromatic rings. The Kier molecular flexibility index (Phi) is 5.86. The number of amides is 2. The fraction of sp³-hybridized carbons (Fsp3) is 0.357. The van der Waals surface area contributed by atoms with Crippen molar-refractivity contribution in [1.82, 2.24) is 4.90 Å². The minimum absolute atomic E-state index is 0.184. The minimum atomic E-state index is -0.948. The highest BCUT2D eigenvalue weighted by molar-refractivity contribution is 5.97. The number of hydrogen-bond acceptors (Lipinski definition) is 4. The average molecular weight is 291 g/mol. The van der Waals surface area contributed by atoms with Crippen molar-refractivity contribution in [3.63, 3.8) is 0 Å². The van der Waals surface area contributed by atoms with Gasteiger partial charge in [-0.3, -0.25) is 9.59 Å². The summed E-state index contributed by atoms with van der Waals surface area (Å²) in [6.45, 7) is 1.90. The topological polar surface area (TPSA) is 114 Å². The van der Waals surface area contributed by atoms with Crippen LogP contribution in [-0.4, -0.2) is 42.7 Å². The molecule has 0 saturated heterocycles. The molecule has 1 rings (SSSR count). The van der Waals surface area contributed by atoms with Gasteiger partial charge in [0.1, 0.15) is 5.84 Å². The van der Waals surface area contributed by atoms with Gasteiger partial charge in [-0.1, -0.05) is 0 Å². The molecule has 0 radical (unpaired) electrons. The number of rotatable bonds is 5. The summed E-state index contributed by atoms with van der Waals surface area (Å²) in [7, 11) is 3.82. The molecule has 0 aromatic heterocycles. The molecule has 21 heavy (non-hydrogen) atoms. The van der Waals surface area contributed by atoms with Gasteiger partial charge in [0.2, 0.25) is 11.8 Å². The summed E-state index contributed by atoms with van der Waals surface area (Å²) < 4.78 is 0. The number of carbonyl (C=O) groups excluding carboxylic acids is 2. The Morgan fingerprint density at radius 1 is 1.29 bits per heavy atom. The Balaban J connectivity index is 2.69. The van der Waals surface area contributed by atoms with Crippen LogP contribution in [0.3, 0.4) is 0 Å². The molecule has 7 heteroatoms. The van der Waals surface area contributed by atoms with Crippen LogP contribution in [0.5, 0.6) is 0 Å². The number of nitrogens with one attached hydrogen (secondary N) is 1. The van der Waals surface area contributed by atoms with Crippen LogP contribution >= 0.6 is 0 Å². The summed E-state index contributed by atoms with van der Waals surface area (Å²) in [6.07, 6.45) is -0.184. The Hall–Kier alpha value is -2.41. The Morgan fingerprint density at radius 2 is 1.86 bits per heavy atom. The fourth-order valence-corrected chi connectivity index (χ4v) is 1.45. The number of carbonyl (C=O) groups is 2. The number of amidine groups is 1. The van der Waals surface area contributed by atoms with Crippen molar-refractivity contribution in [1.29, 1.82) is 0 Å². The second-order valence-electron chi connectivity index (χ2n) is 4.87. The number of aliphatic imine (C=N–C) groups is 1. The second kappa shape index (κ2) is 7.39. The van der Waals surface area contributed by atoms with Crippen molar-refractivity contribution in [3.05, 3.63) is 24.3 Å². The van der Waals surface area contributed by atoms with Gasteiger partial charge in [-0.15, -0.1) is 0 Å². The van der Waals surface area contributed by atoms with Gasteiger partial charge in [0, 0.05) is 19.8 Å². The Bertz CT molecular complexity index is 537. The van der Waals surface area contributed by atoms with Crippen molar-refractivity contribution in [2.45, 2.75) is 19.4 Å². The molecule has 114 valence electrons. The lowest BCUT2D eigenvalue weighted by Gasteiger charge is -2.12. The van der Waals surface area contributed by atoms with Gasteiger partial charge in [-0.25, -0.2) is 4.99 Å². The summed E-state index contributed by atoms with van der Waals surface area (Å²) in [4.78, 5) is 28.7. The normalized spacial score (nSPS) is 12.7. The molecule has 2 amide bonds. The highest BCUT2D eigenvalue weighted by atomic mass is 16.2. The number of nitrogens with two attached hydrogens (primary N) is 2. The molecule has 1 aromatic carbocycles. The number of hydrogen-bond donors (Lipinski definition) is 3. The van der Waals surface area contributed by atoms with Gasteiger partial charge in [0.05, 0.1) is 18.2 Å². The van der Waals surface area contributed by atoms with Crippen molar-refractivity contribution >= 4 is 29.0 Å². The predicted molar refractivity (Wildman–Crippen MR) is 83.3 cm³/mol. The van der Waals surface area contributed by atoms with Crippen LogP contribution in [0.15, 0.2) is 29.3 Å². The quantitative estimate of drug-likeness (QED) is 0.539. The summed E-state index contributed by atoms with van der Waals surface area (Å²) in [5.41, 5.74) is 11.9. The molecule has 1 unspecified atom stereocenters. The molecule has 0 saturated carbocycles. The van der Waals surface area contributed by atoms with E-state index in [4.69, 9.17) is 11.5 Å². The van der Waals surface area contributed by atoms with Crippen LogP contribution < -0.4 is 16.8 Å². The molecule has 5 N–H and O–H groups in total. The van der Waals surface area contributed by atoms with Crippen LogP contribution in [0.4, 0.5) is 11.4 Å². The highest BCUT2D eigenvalue weighted by Gasteiger charge is 2.15. The third-order valence-electron chi connectivity index (χ3n) is 2.83. The van der Waals surface area contributed by atoms with Crippen molar-refractivity contribution in [2.75, 3.05) is 19.4 Å². The standard InChI is InChI=1S/C14H21N5O2/c1-9(19(2)3)17-10-4-6-11(7-5-10)18-14(21)12(15)8-13(16)20/h4-7,12H,8,15H2,1-3H3,(H2,16,20)(H,18,21). The van der Waals surface area contributed by atoms with Crippen molar-refractivity contribution < 1.29 is 9.59 Å². The van der Waals surface area contributed by atoms with Crippen LogP contribution in [0.1, 0.15) is 13.3 Å². The number of primary amides is 1. The van der Waals surface area contributed by atoms with E-state index in [1.54, 1.807) is 24.3 Å². The van der Waals surface area contributed by atoms with E-state index >= 15 is 0 Å². The maximum absolute atomic E-state index is 11.7. The number of benzene rings is 1. The van der Waals surface area contributed by atoms with Gasteiger partial charge < -0.3 is 21.7 Å². The lowest BCUT2D eigenvalue weighted by Crippen LogP contribution is -2.38. The summed E-state index contributed by atoms with van der Waals surface area (Å²) in [5.74, 6) is -0.189. The zero-order valence-corrected chi connectivity index (χ0v) is 12.5. The summed E-state index contributed by atoms with van der Waals surface area (Å²) >= 11 is 0. The fourth-order valence-electron chi connectivity index (χ4n) is 1.45. The minimum Gasteiger partial charge on any atom is -0.370 e. The maximum Gasteiger partial charge on any atom is 0.241 e. The van der Waals surface area contributed by atoms with Gasteiger partial charge in [-0.2, -0.15) is 0 Å². The maximum atomic E-state index is 11.7. The van der Waals surface area contributed by atoms with Crippen LogP contribution in [0, 0.1) is 0 Å². The van der Waals surface area contributed by atoms with Gasteiger partial charge in [0.25, 0.3) is 0 Å². The first kappa shape index (κ1) is 16.6. The molecule has 7 nitrogen and oxygen atoms in total. The van der Waals surface area contributed by atoms with E-state index in [1.807, 2.05) is 25.9 Å². The molecule has 0 spiro atoms. The molecule has 1 atom stereocenters. The van der Waals surface area contributed by atoms with E-state index in [1.165, 1.54) is 0 Å².